The average Bonchev–Trinajstić information content (AvgIpc) is 3.05. The van der Waals surface area contributed by atoms with E-state index in [0.717, 1.165) is 34.7 Å². The molecule has 1 aliphatic carbocycles. The van der Waals surface area contributed by atoms with E-state index in [1.54, 1.807) is 23.1 Å². The molecule has 2 N–H and O–H groups in total. The lowest BCUT2D eigenvalue weighted by molar-refractivity contribution is -0.121. The van der Waals surface area contributed by atoms with Crippen LogP contribution in [0.3, 0.4) is 0 Å². The van der Waals surface area contributed by atoms with Gasteiger partial charge in [0.2, 0.25) is 6.41 Å². The van der Waals surface area contributed by atoms with E-state index in [-0.39, 0.29) is 11.6 Å². The number of likely N-dealkylation sites (tertiary alicyclic amines) is 1. The molecule has 0 atom stereocenters. The molecule has 1 amide bonds. The number of nitrogens with two attached hydrogens (primary N) is 1. The fourth-order valence-corrected chi connectivity index (χ4v) is 5.68. The van der Waals surface area contributed by atoms with Gasteiger partial charge in [0.15, 0.2) is 11.6 Å². The van der Waals surface area contributed by atoms with Gasteiger partial charge >= 0.3 is 0 Å². The summed E-state index contributed by atoms with van der Waals surface area (Å²) in [6, 6.07) is 5.14. The first-order valence-corrected chi connectivity index (χ1v) is 11.6. The van der Waals surface area contributed by atoms with Gasteiger partial charge in [-0.25, -0.2) is 0 Å². The number of hydrogen-bond acceptors (Lipinski definition) is 6. The summed E-state index contributed by atoms with van der Waals surface area (Å²) in [5, 5.41) is 1.36. The molecule has 3 heterocycles. The van der Waals surface area contributed by atoms with Crippen LogP contribution in [0.15, 0.2) is 18.2 Å². The summed E-state index contributed by atoms with van der Waals surface area (Å²) in [6.07, 6.45) is 5.33. The number of ether oxygens (including phenoxy) is 1. The molecule has 1 saturated heterocycles. The maximum Gasteiger partial charge on any atom is 0.209 e. The van der Waals surface area contributed by atoms with Crippen molar-refractivity contribution in [2.24, 2.45) is 0 Å². The molecule has 2 aliphatic heterocycles. The summed E-state index contributed by atoms with van der Waals surface area (Å²) in [4.78, 5) is 37.0. The van der Waals surface area contributed by atoms with Crippen molar-refractivity contribution in [1.29, 1.82) is 0 Å². The average molecular weight is 461 g/mol. The first kappa shape index (κ1) is 21.8. The molecule has 164 valence electrons. The van der Waals surface area contributed by atoms with Gasteiger partial charge in [0.1, 0.15) is 11.4 Å². The van der Waals surface area contributed by atoms with E-state index in [1.807, 2.05) is 6.92 Å². The molecule has 0 saturated carbocycles. The molecule has 0 bridgehead atoms. The van der Waals surface area contributed by atoms with Crippen LogP contribution >= 0.6 is 22.9 Å². The van der Waals surface area contributed by atoms with Crippen LogP contribution < -0.4 is 10.5 Å². The van der Waals surface area contributed by atoms with Gasteiger partial charge in [0.25, 0.3) is 0 Å². The molecular formula is C23H25ClN2O4S. The van der Waals surface area contributed by atoms with Crippen molar-refractivity contribution in [2.45, 2.75) is 51.0 Å². The van der Waals surface area contributed by atoms with Crippen LogP contribution in [0.2, 0.25) is 5.02 Å². The first-order valence-electron chi connectivity index (χ1n) is 10.4. The standard InChI is InChI=1S/C14H14ClNO3.C9H11NOS/c15-10-1-2-13-11(7-10)12(18)8-14(19-13)3-5-16(9-17)6-4-14;1-5-6-3-2-4-7(11)8(6)12-9(5)10/h1-2,7,9H,3-6,8H2;2-4,10H2,1H3. The number of Topliss-reactive ketones (excluding diaryl/α,β-unsaturated/α-hetero) is 2. The molecular weight excluding hydrogens is 436 g/mol. The minimum absolute atomic E-state index is 0.0725. The van der Waals surface area contributed by atoms with Gasteiger partial charge < -0.3 is 15.4 Å². The fraction of sp³-hybridized carbons (Fsp3) is 0.435. The van der Waals surface area contributed by atoms with Crippen LogP contribution in [0.25, 0.3) is 0 Å². The Morgan fingerprint density at radius 2 is 1.94 bits per heavy atom. The van der Waals surface area contributed by atoms with Crippen molar-refractivity contribution < 1.29 is 19.1 Å². The highest BCUT2D eigenvalue weighted by molar-refractivity contribution is 7.18. The highest BCUT2D eigenvalue weighted by atomic mass is 35.5. The summed E-state index contributed by atoms with van der Waals surface area (Å²) < 4.78 is 6.06. The molecule has 1 aromatic carbocycles. The second-order valence-corrected chi connectivity index (χ2v) is 9.83. The van der Waals surface area contributed by atoms with Gasteiger partial charge in [-0.05, 0) is 49.1 Å². The van der Waals surface area contributed by atoms with Gasteiger partial charge in [0.05, 0.1) is 21.9 Å². The van der Waals surface area contributed by atoms with Crippen LogP contribution in [0.1, 0.15) is 63.3 Å². The molecule has 0 radical (unpaired) electrons. The second-order valence-electron chi connectivity index (χ2n) is 8.34. The smallest absolute Gasteiger partial charge is 0.209 e. The third-order valence-corrected chi connectivity index (χ3v) is 7.74. The lowest BCUT2D eigenvalue weighted by Gasteiger charge is -2.43. The summed E-state index contributed by atoms with van der Waals surface area (Å²) in [5.74, 6) is 0.963. The third kappa shape index (κ3) is 4.34. The minimum atomic E-state index is -0.447. The van der Waals surface area contributed by atoms with Crippen molar-refractivity contribution in [3.8, 4) is 5.75 Å². The Hall–Kier alpha value is -2.38. The molecule has 1 fully saturated rings. The van der Waals surface area contributed by atoms with E-state index >= 15 is 0 Å². The van der Waals surface area contributed by atoms with Gasteiger partial charge in [-0.2, -0.15) is 0 Å². The van der Waals surface area contributed by atoms with Crippen molar-refractivity contribution >= 4 is 45.9 Å². The lowest BCUT2D eigenvalue weighted by Crippen LogP contribution is -2.50. The summed E-state index contributed by atoms with van der Waals surface area (Å²) >= 11 is 7.36. The van der Waals surface area contributed by atoms with Crippen LogP contribution in [-0.4, -0.2) is 41.6 Å². The number of carbonyl (C=O) groups is 3. The lowest BCUT2D eigenvalue weighted by atomic mass is 9.82. The van der Waals surface area contributed by atoms with E-state index in [9.17, 15) is 14.4 Å². The van der Waals surface area contributed by atoms with Crippen LogP contribution in [0.5, 0.6) is 5.75 Å². The Morgan fingerprint density at radius 1 is 1.19 bits per heavy atom. The second kappa shape index (κ2) is 8.63. The number of fused-ring (bicyclic) bond motifs is 2. The Bertz CT molecular complexity index is 1040. The topological polar surface area (TPSA) is 89.7 Å². The molecule has 31 heavy (non-hydrogen) atoms. The Kier molecular flexibility index (Phi) is 6.08. The van der Waals surface area contributed by atoms with E-state index in [1.165, 1.54) is 16.9 Å². The molecule has 6 nitrogen and oxygen atoms in total. The van der Waals surface area contributed by atoms with Crippen LogP contribution in [0, 0.1) is 6.92 Å². The number of nitrogen functional groups attached to an aromatic ring is 1. The van der Waals surface area contributed by atoms with Gasteiger partial charge in [-0.3, -0.25) is 14.4 Å². The quantitative estimate of drug-likeness (QED) is 0.635. The molecule has 1 spiro atoms. The van der Waals surface area contributed by atoms with Gasteiger partial charge in [-0.15, -0.1) is 11.3 Å². The van der Waals surface area contributed by atoms with Crippen molar-refractivity contribution in [1.82, 2.24) is 4.90 Å². The number of carbonyl (C=O) groups excluding carboxylic acids is 3. The van der Waals surface area contributed by atoms with Crippen molar-refractivity contribution in [2.75, 3.05) is 18.8 Å². The number of piperidine rings is 1. The van der Waals surface area contributed by atoms with Crippen molar-refractivity contribution in [3.05, 3.63) is 44.8 Å². The van der Waals surface area contributed by atoms with E-state index in [0.29, 0.717) is 55.1 Å². The summed E-state index contributed by atoms with van der Waals surface area (Å²) in [7, 11) is 0. The summed E-state index contributed by atoms with van der Waals surface area (Å²) in [6.45, 7) is 3.28. The maximum atomic E-state index is 12.2. The summed E-state index contributed by atoms with van der Waals surface area (Å²) in [5.41, 5.74) is 8.20. The minimum Gasteiger partial charge on any atom is -0.486 e. The number of nitrogens with zero attached hydrogens (tertiary/aromatic N) is 1. The monoisotopic (exact) mass is 460 g/mol. The zero-order valence-electron chi connectivity index (χ0n) is 17.4. The number of ketones is 2. The Morgan fingerprint density at radius 3 is 2.61 bits per heavy atom. The van der Waals surface area contributed by atoms with Crippen molar-refractivity contribution in [3.63, 3.8) is 0 Å². The fourth-order valence-electron chi connectivity index (χ4n) is 4.41. The number of anilines is 1. The Balaban J connectivity index is 0.000000166. The molecule has 0 unspecified atom stereocenters. The molecule has 5 rings (SSSR count). The number of halogens is 1. The van der Waals surface area contributed by atoms with E-state index in [4.69, 9.17) is 22.1 Å². The number of benzene rings is 1. The zero-order chi connectivity index (χ0) is 22.2. The SMILES string of the molecule is Cc1c(N)sc2c1CCCC2=O.O=CN1CCC2(CC1)CC(=O)c1cc(Cl)ccc1O2. The Labute approximate surface area is 190 Å². The van der Waals surface area contributed by atoms with Gasteiger partial charge in [-0.1, -0.05) is 11.6 Å². The van der Waals surface area contributed by atoms with E-state index < -0.39 is 5.60 Å². The van der Waals surface area contributed by atoms with Crippen LogP contribution in [-0.2, 0) is 11.2 Å². The van der Waals surface area contributed by atoms with E-state index in [2.05, 4.69) is 0 Å². The number of hydrogen-bond donors (Lipinski definition) is 1. The highest BCUT2D eigenvalue weighted by Crippen LogP contribution is 2.40. The first-order chi connectivity index (χ1) is 14.8. The zero-order valence-corrected chi connectivity index (χ0v) is 19.0. The predicted molar refractivity (Wildman–Crippen MR) is 121 cm³/mol. The normalized spacial score (nSPS) is 19.1. The number of amides is 1. The molecule has 1 aromatic heterocycles. The van der Waals surface area contributed by atoms with Gasteiger partial charge in [0, 0.05) is 37.4 Å². The largest absolute Gasteiger partial charge is 0.486 e. The number of thiophene rings is 1. The highest BCUT2D eigenvalue weighted by Gasteiger charge is 2.42. The maximum absolute atomic E-state index is 12.2. The molecule has 2 aromatic rings. The van der Waals surface area contributed by atoms with Crippen LogP contribution in [0.4, 0.5) is 5.00 Å². The molecule has 8 heteroatoms. The number of rotatable bonds is 1. The third-order valence-electron chi connectivity index (χ3n) is 6.30. The molecule has 3 aliphatic rings. The predicted octanol–water partition coefficient (Wildman–Crippen LogP) is 4.45.